The van der Waals surface area contributed by atoms with Crippen molar-refractivity contribution in [1.82, 2.24) is 4.57 Å². The summed E-state index contributed by atoms with van der Waals surface area (Å²) in [6, 6.07) is 13.0. The highest BCUT2D eigenvalue weighted by atomic mass is 35.5. The molecule has 0 bridgehead atoms. The van der Waals surface area contributed by atoms with Gasteiger partial charge < -0.3 is 10.3 Å². The van der Waals surface area contributed by atoms with Crippen molar-refractivity contribution in [3.63, 3.8) is 0 Å². The average molecular weight is 303 g/mol. The van der Waals surface area contributed by atoms with Crippen molar-refractivity contribution in [2.75, 3.05) is 6.54 Å². The van der Waals surface area contributed by atoms with E-state index < -0.39 is 0 Å². The molecule has 0 aliphatic rings. The van der Waals surface area contributed by atoms with E-state index in [1.54, 1.807) is 12.1 Å². The molecule has 0 unspecified atom stereocenters. The Balaban J connectivity index is 1.99. The van der Waals surface area contributed by atoms with Crippen molar-refractivity contribution in [3.8, 4) is 0 Å². The summed E-state index contributed by atoms with van der Waals surface area (Å²) < 4.78 is 16.0. The van der Waals surface area contributed by atoms with Gasteiger partial charge in [0, 0.05) is 27.7 Å². The monoisotopic (exact) mass is 302 g/mol. The summed E-state index contributed by atoms with van der Waals surface area (Å²) in [6.07, 6.45) is 2.83. The zero-order valence-corrected chi connectivity index (χ0v) is 12.3. The molecule has 4 heteroatoms. The first kappa shape index (κ1) is 14.1. The third-order valence-corrected chi connectivity index (χ3v) is 3.91. The van der Waals surface area contributed by atoms with Gasteiger partial charge >= 0.3 is 0 Å². The molecule has 0 atom stereocenters. The molecule has 0 radical (unpaired) electrons. The van der Waals surface area contributed by atoms with Crippen molar-refractivity contribution in [2.24, 2.45) is 5.73 Å². The fourth-order valence-electron chi connectivity index (χ4n) is 2.63. The summed E-state index contributed by atoms with van der Waals surface area (Å²) in [4.78, 5) is 0. The molecule has 1 heterocycles. The SMILES string of the molecule is NCCc1cccc2c1ccn2Cc1ccc(Cl)cc1F. The fraction of sp³-hybridized carbons (Fsp3) is 0.176. The number of benzene rings is 2. The number of nitrogens with zero attached hydrogens (tertiary/aromatic N) is 1. The molecule has 0 spiro atoms. The molecule has 108 valence electrons. The van der Waals surface area contributed by atoms with Crippen LogP contribution >= 0.6 is 11.6 Å². The highest BCUT2D eigenvalue weighted by molar-refractivity contribution is 6.30. The third-order valence-electron chi connectivity index (χ3n) is 3.67. The molecule has 0 aliphatic heterocycles. The van der Waals surface area contributed by atoms with Crippen LogP contribution in [-0.4, -0.2) is 11.1 Å². The average Bonchev–Trinajstić information content (AvgIpc) is 2.87. The summed E-state index contributed by atoms with van der Waals surface area (Å²) in [5, 5.41) is 1.59. The summed E-state index contributed by atoms with van der Waals surface area (Å²) in [5.41, 5.74) is 8.59. The minimum absolute atomic E-state index is 0.275. The van der Waals surface area contributed by atoms with E-state index in [-0.39, 0.29) is 5.82 Å². The molecule has 2 aromatic carbocycles. The molecule has 21 heavy (non-hydrogen) atoms. The molecule has 0 fully saturated rings. The number of hydrogen-bond acceptors (Lipinski definition) is 1. The minimum Gasteiger partial charge on any atom is -0.343 e. The van der Waals surface area contributed by atoms with Crippen LogP contribution in [0.1, 0.15) is 11.1 Å². The number of rotatable bonds is 4. The maximum absolute atomic E-state index is 13.9. The van der Waals surface area contributed by atoms with Gasteiger partial charge in [-0.15, -0.1) is 0 Å². The number of fused-ring (bicyclic) bond motifs is 1. The zero-order chi connectivity index (χ0) is 14.8. The van der Waals surface area contributed by atoms with E-state index in [2.05, 4.69) is 12.1 Å². The molecule has 0 aliphatic carbocycles. The lowest BCUT2D eigenvalue weighted by atomic mass is 10.1. The normalized spacial score (nSPS) is 11.2. The van der Waals surface area contributed by atoms with E-state index in [1.165, 1.54) is 17.0 Å². The van der Waals surface area contributed by atoms with Crippen molar-refractivity contribution in [2.45, 2.75) is 13.0 Å². The Labute approximate surface area is 127 Å². The van der Waals surface area contributed by atoms with Crippen LogP contribution in [0.15, 0.2) is 48.7 Å². The standard InChI is InChI=1S/C17H16ClFN2/c18-14-5-4-13(16(19)10-14)11-21-9-7-15-12(6-8-20)2-1-3-17(15)21/h1-5,7,9-10H,6,8,11,20H2. The molecule has 3 aromatic rings. The summed E-state index contributed by atoms with van der Waals surface area (Å²) in [5.74, 6) is -0.275. The number of aromatic nitrogens is 1. The first-order valence-electron chi connectivity index (χ1n) is 6.90. The van der Waals surface area contributed by atoms with Gasteiger partial charge in [-0.25, -0.2) is 4.39 Å². The lowest BCUT2D eigenvalue weighted by Crippen LogP contribution is -2.03. The van der Waals surface area contributed by atoms with Gasteiger partial charge in [-0.05, 0) is 42.8 Å². The molecule has 0 saturated carbocycles. The molecule has 2 N–H and O–H groups in total. The maximum atomic E-state index is 13.9. The minimum atomic E-state index is -0.275. The van der Waals surface area contributed by atoms with Crippen LogP contribution in [0.4, 0.5) is 4.39 Å². The second-order valence-corrected chi connectivity index (χ2v) is 5.50. The van der Waals surface area contributed by atoms with Gasteiger partial charge in [0.15, 0.2) is 0 Å². The van der Waals surface area contributed by atoms with Crippen LogP contribution in [0.2, 0.25) is 5.02 Å². The van der Waals surface area contributed by atoms with E-state index in [9.17, 15) is 4.39 Å². The molecule has 1 aromatic heterocycles. The second kappa shape index (κ2) is 5.88. The molecular weight excluding hydrogens is 287 g/mol. The van der Waals surface area contributed by atoms with E-state index in [1.807, 2.05) is 22.9 Å². The molecule has 0 saturated heterocycles. The number of halogens is 2. The predicted molar refractivity (Wildman–Crippen MR) is 85.2 cm³/mol. The quantitative estimate of drug-likeness (QED) is 0.776. The Morgan fingerprint density at radius 1 is 1.10 bits per heavy atom. The highest BCUT2D eigenvalue weighted by Gasteiger charge is 2.08. The van der Waals surface area contributed by atoms with Gasteiger partial charge in [0.1, 0.15) is 5.82 Å². The van der Waals surface area contributed by atoms with Crippen molar-refractivity contribution >= 4 is 22.5 Å². The van der Waals surface area contributed by atoms with E-state index in [4.69, 9.17) is 17.3 Å². The van der Waals surface area contributed by atoms with Gasteiger partial charge in [0.05, 0.1) is 6.54 Å². The molecular formula is C17H16ClFN2. The first-order valence-corrected chi connectivity index (χ1v) is 7.27. The fourth-order valence-corrected chi connectivity index (χ4v) is 2.79. The molecule has 0 amide bonds. The van der Waals surface area contributed by atoms with Crippen molar-refractivity contribution in [3.05, 3.63) is 70.6 Å². The van der Waals surface area contributed by atoms with Crippen LogP contribution in [0.5, 0.6) is 0 Å². The predicted octanol–water partition coefficient (Wildman–Crippen LogP) is 3.98. The Morgan fingerprint density at radius 2 is 1.95 bits per heavy atom. The maximum Gasteiger partial charge on any atom is 0.129 e. The lowest BCUT2D eigenvalue weighted by molar-refractivity contribution is 0.602. The topological polar surface area (TPSA) is 30.9 Å². The van der Waals surface area contributed by atoms with Crippen LogP contribution < -0.4 is 5.73 Å². The van der Waals surface area contributed by atoms with Crippen LogP contribution in [0.3, 0.4) is 0 Å². The van der Waals surface area contributed by atoms with E-state index in [0.29, 0.717) is 23.7 Å². The van der Waals surface area contributed by atoms with Gasteiger partial charge in [-0.1, -0.05) is 29.8 Å². The Hall–Kier alpha value is -1.84. The van der Waals surface area contributed by atoms with Gasteiger partial charge in [0.25, 0.3) is 0 Å². The first-order chi connectivity index (χ1) is 10.2. The summed E-state index contributed by atoms with van der Waals surface area (Å²) in [6.45, 7) is 1.11. The zero-order valence-electron chi connectivity index (χ0n) is 11.5. The lowest BCUT2D eigenvalue weighted by Gasteiger charge is -2.08. The van der Waals surface area contributed by atoms with Crippen LogP contribution in [-0.2, 0) is 13.0 Å². The van der Waals surface area contributed by atoms with E-state index >= 15 is 0 Å². The van der Waals surface area contributed by atoms with Crippen molar-refractivity contribution in [1.29, 1.82) is 0 Å². The van der Waals surface area contributed by atoms with Gasteiger partial charge in [-0.3, -0.25) is 0 Å². The summed E-state index contributed by atoms with van der Waals surface area (Å²) in [7, 11) is 0. The van der Waals surface area contributed by atoms with Gasteiger partial charge in [-0.2, -0.15) is 0 Å². The third kappa shape index (κ3) is 2.80. The molecule has 2 nitrogen and oxygen atoms in total. The number of hydrogen-bond donors (Lipinski definition) is 1. The van der Waals surface area contributed by atoms with E-state index in [0.717, 1.165) is 11.9 Å². The Kier molecular flexibility index (Phi) is 3.95. The van der Waals surface area contributed by atoms with Crippen molar-refractivity contribution < 1.29 is 4.39 Å². The van der Waals surface area contributed by atoms with Gasteiger partial charge in [0.2, 0.25) is 0 Å². The largest absolute Gasteiger partial charge is 0.343 e. The summed E-state index contributed by atoms with van der Waals surface area (Å²) >= 11 is 5.79. The Bertz CT molecular complexity index is 780. The Morgan fingerprint density at radius 3 is 2.71 bits per heavy atom. The second-order valence-electron chi connectivity index (χ2n) is 5.07. The smallest absolute Gasteiger partial charge is 0.129 e. The van der Waals surface area contributed by atoms with Crippen LogP contribution in [0, 0.1) is 5.82 Å². The molecule has 3 rings (SSSR count). The highest BCUT2D eigenvalue weighted by Crippen LogP contribution is 2.23. The van der Waals surface area contributed by atoms with Crippen LogP contribution in [0.25, 0.3) is 10.9 Å². The number of nitrogens with two attached hydrogens (primary N) is 1.